The van der Waals surface area contributed by atoms with Crippen LogP contribution < -0.4 is 0 Å². The van der Waals surface area contributed by atoms with Crippen LogP contribution in [0.1, 0.15) is 5.56 Å². The van der Waals surface area contributed by atoms with Gasteiger partial charge in [0.15, 0.2) is 0 Å². The third kappa shape index (κ3) is 4.84. The van der Waals surface area contributed by atoms with Gasteiger partial charge in [-0.2, -0.15) is 0 Å². The first-order valence-electron chi connectivity index (χ1n) is 2.93. The molecule has 0 unspecified atom stereocenters. The van der Waals surface area contributed by atoms with Gasteiger partial charge in [0.2, 0.25) is 0 Å². The summed E-state index contributed by atoms with van der Waals surface area (Å²) < 4.78 is 0. The van der Waals surface area contributed by atoms with Gasteiger partial charge in [0, 0.05) is 6.72 Å². The minimum Gasteiger partial charge on any atom is -0.411 e. The van der Waals surface area contributed by atoms with Gasteiger partial charge in [-0.25, -0.2) is 0 Å². The van der Waals surface area contributed by atoms with E-state index in [1.807, 2.05) is 18.2 Å². The molecule has 10 heavy (non-hydrogen) atoms. The maximum atomic E-state index is 7.08. The third-order valence-electron chi connectivity index (χ3n) is 0.940. The van der Waals surface area contributed by atoms with Gasteiger partial charge < -0.3 is 5.21 Å². The van der Waals surface area contributed by atoms with Crippen molar-refractivity contribution in [3.8, 4) is 0 Å². The molecule has 0 aliphatic carbocycles. The predicted molar refractivity (Wildman–Crippen MR) is 42.5 cm³/mol. The fraction of sp³-hybridized carbons (Fsp3) is 0.125. The van der Waals surface area contributed by atoms with Gasteiger partial charge in [0.05, 0.1) is 0 Å². The summed E-state index contributed by atoms with van der Waals surface area (Å²) in [7, 11) is 0. The highest BCUT2D eigenvalue weighted by molar-refractivity contribution is 5.20. The van der Waals surface area contributed by atoms with Gasteiger partial charge in [-0.1, -0.05) is 35.9 Å². The molecule has 2 nitrogen and oxygen atoms in total. The maximum Gasteiger partial charge on any atom is 0.0298 e. The predicted octanol–water partition coefficient (Wildman–Crippen LogP) is 2.07. The molecule has 54 valence electrons. The quantitative estimate of drug-likeness (QED) is 0.331. The Morgan fingerprint density at radius 2 is 1.70 bits per heavy atom. The molecule has 0 radical (unpaired) electrons. The van der Waals surface area contributed by atoms with Crippen molar-refractivity contribution in [2.24, 2.45) is 5.16 Å². The topological polar surface area (TPSA) is 32.6 Å². The van der Waals surface area contributed by atoms with Gasteiger partial charge >= 0.3 is 0 Å². The summed E-state index contributed by atoms with van der Waals surface area (Å²) in [6, 6.07) is 10.3. The minimum absolute atomic E-state index is 1.32. The zero-order chi connectivity index (χ0) is 7.82. The lowest BCUT2D eigenvalue weighted by atomic mass is 10.2. The number of hydrogen-bond acceptors (Lipinski definition) is 2. The Bertz CT molecular complexity index is 172. The summed E-state index contributed by atoms with van der Waals surface area (Å²) in [5.41, 5.74) is 1.32. The Labute approximate surface area is 60.8 Å². The number of aryl methyl sites for hydroxylation is 1. The largest absolute Gasteiger partial charge is 0.411 e. The Morgan fingerprint density at radius 3 is 1.90 bits per heavy atom. The number of rotatable bonds is 0. The SMILES string of the molecule is C=NO.Cc1ccccc1. The van der Waals surface area contributed by atoms with Crippen molar-refractivity contribution in [3.05, 3.63) is 35.9 Å². The highest BCUT2D eigenvalue weighted by Gasteiger charge is 1.72. The Morgan fingerprint density at radius 1 is 1.30 bits per heavy atom. The number of hydrogen-bond donors (Lipinski definition) is 1. The van der Waals surface area contributed by atoms with Crippen molar-refractivity contribution in [3.63, 3.8) is 0 Å². The van der Waals surface area contributed by atoms with Crippen LogP contribution in [0.4, 0.5) is 0 Å². The van der Waals surface area contributed by atoms with E-state index in [1.165, 1.54) is 5.56 Å². The molecule has 0 saturated heterocycles. The van der Waals surface area contributed by atoms with Crippen LogP contribution in [0.25, 0.3) is 0 Å². The van der Waals surface area contributed by atoms with Crippen molar-refractivity contribution in [2.45, 2.75) is 6.92 Å². The second-order valence-corrected chi connectivity index (χ2v) is 1.80. The number of nitrogens with zero attached hydrogens (tertiary/aromatic N) is 1. The summed E-state index contributed by atoms with van der Waals surface area (Å²) >= 11 is 0. The van der Waals surface area contributed by atoms with E-state index in [4.69, 9.17) is 5.21 Å². The summed E-state index contributed by atoms with van der Waals surface area (Å²) in [6.07, 6.45) is 0. The van der Waals surface area contributed by atoms with Crippen molar-refractivity contribution < 1.29 is 5.21 Å². The fourth-order valence-electron chi connectivity index (χ4n) is 0.534. The number of oxime groups is 1. The average molecular weight is 137 g/mol. The maximum absolute atomic E-state index is 7.08. The van der Waals surface area contributed by atoms with E-state index in [9.17, 15) is 0 Å². The van der Waals surface area contributed by atoms with E-state index in [0.29, 0.717) is 0 Å². The summed E-state index contributed by atoms with van der Waals surface area (Å²) in [5, 5.41) is 9.33. The van der Waals surface area contributed by atoms with E-state index in [0.717, 1.165) is 0 Å². The molecule has 0 amide bonds. The molecule has 0 bridgehead atoms. The van der Waals surface area contributed by atoms with Crippen LogP contribution in [0.3, 0.4) is 0 Å². The van der Waals surface area contributed by atoms with Crippen molar-refractivity contribution in [2.75, 3.05) is 0 Å². The van der Waals surface area contributed by atoms with Crippen molar-refractivity contribution in [1.29, 1.82) is 0 Å². The zero-order valence-corrected chi connectivity index (χ0v) is 5.99. The lowest BCUT2D eigenvalue weighted by molar-refractivity contribution is 0.323. The van der Waals surface area contributed by atoms with Gasteiger partial charge in [-0.15, -0.1) is 5.16 Å². The molecular weight excluding hydrogens is 126 g/mol. The van der Waals surface area contributed by atoms with E-state index in [2.05, 4.69) is 30.9 Å². The fourth-order valence-corrected chi connectivity index (χ4v) is 0.534. The van der Waals surface area contributed by atoms with Crippen LogP contribution in [0.5, 0.6) is 0 Å². The van der Waals surface area contributed by atoms with Crippen molar-refractivity contribution >= 4 is 6.72 Å². The van der Waals surface area contributed by atoms with E-state index >= 15 is 0 Å². The molecule has 1 rings (SSSR count). The first kappa shape index (κ1) is 8.69. The van der Waals surface area contributed by atoms with Crippen LogP contribution in [0.2, 0.25) is 0 Å². The van der Waals surface area contributed by atoms with Crippen molar-refractivity contribution in [1.82, 2.24) is 0 Å². The van der Waals surface area contributed by atoms with Crippen LogP contribution in [0.15, 0.2) is 35.5 Å². The molecule has 1 aromatic carbocycles. The standard InChI is InChI=1S/C7H8.CH3NO/c1-7-5-3-2-4-6-7;1-2-3/h2-6H,1H3;3H,1H2. The van der Waals surface area contributed by atoms with Crippen LogP contribution in [0, 0.1) is 6.92 Å². The van der Waals surface area contributed by atoms with E-state index in [-0.39, 0.29) is 0 Å². The lowest BCUT2D eigenvalue weighted by Gasteiger charge is -1.82. The van der Waals surface area contributed by atoms with Crippen LogP contribution in [-0.4, -0.2) is 11.9 Å². The van der Waals surface area contributed by atoms with Crippen LogP contribution in [-0.2, 0) is 0 Å². The molecule has 1 N–H and O–H groups in total. The Hall–Kier alpha value is -1.31. The molecule has 1 aromatic rings. The van der Waals surface area contributed by atoms with Gasteiger partial charge in [-0.3, -0.25) is 0 Å². The van der Waals surface area contributed by atoms with E-state index in [1.54, 1.807) is 0 Å². The highest BCUT2D eigenvalue weighted by atomic mass is 16.4. The Kier molecular flexibility index (Phi) is 5.06. The molecule has 0 fully saturated rings. The molecule has 0 aromatic heterocycles. The van der Waals surface area contributed by atoms with Gasteiger partial charge in [0.1, 0.15) is 0 Å². The molecule has 0 atom stereocenters. The molecular formula is C8H11NO. The Balaban J connectivity index is 0.000000236. The summed E-state index contributed by atoms with van der Waals surface area (Å²) in [6.45, 7) is 4.75. The number of benzene rings is 1. The van der Waals surface area contributed by atoms with Crippen LogP contribution >= 0.6 is 0 Å². The minimum atomic E-state index is 1.32. The second-order valence-electron chi connectivity index (χ2n) is 1.80. The van der Waals surface area contributed by atoms with Gasteiger partial charge in [-0.05, 0) is 6.92 Å². The summed E-state index contributed by atoms with van der Waals surface area (Å²) in [5.74, 6) is 0. The molecule has 0 aliphatic rings. The molecule has 0 heterocycles. The van der Waals surface area contributed by atoms with Gasteiger partial charge in [0.25, 0.3) is 0 Å². The molecule has 2 heteroatoms. The smallest absolute Gasteiger partial charge is 0.0298 e. The first-order chi connectivity index (χ1) is 4.81. The van der Waals surface area contributed by atoms with E-state index < -0.39 is 0 Å². The average Bonchev–Trinajstić information content (AvgIpc) is 1.91. The first-order valence-corrected chi connectivity index (χ1v) is 2.93. The molecule has 0 saturated carbocycles. The normalized spacial score (nSPS) is 7.30. The summed E-state index contributed by atoms with van der Waals surface area (Å²) in [4.78, 5) is 0. The molecule has 0 aliphatic heterocycles. The highest BCUT2D eigenvalue weighted by Crippen LogP contribution is 1.92. The zero-order valence-electron chi connectivity index (χ0n) is 5.99. The monoisotopic (exact) mass is 137 g/mol. The third-order valence-corrected chi connectivity index (χ3v) is 0.940. The second kappa shape index (κ2) is 5.82. The molecule has 0 spiro atoms. The lowest BCUT2D eigenvalue weighted by Crippen LogP contribution is -1.62.